The van der Waals surface area contributed by atoms with Crippen molar-refractivity contribution in [3.05, 3.63) is 59.4 Å². The third-order valence-corrected chi connectivity index (χ3v) is 10.00. The maximum Gasteiger partial charge on any atom is 0.341 e. The molecule has 1 amide bonds. The molecule has 3 aliphatic heterocycles. The number of carbonyl (C=O) groups excluding carboxylic acids is 3. The number of anilines is 1. The molecule has 14 heteroatoms. The zero-order chi connectivity index (χ0) is 39.5. The van der Waals surface area contributed by atoms with Crippen LogP contribution in [-0.2, 0) is 28.6 Å². The van der Waals surface area contributed by atoms with Gasteiger partial charge >= 0.3 is 17.7 Å². The maximum atomic E-state index is 14.2. The van der Waals surface area contributed by atoms with E-state index in [9.17, 15) is 39.6 Å². The zero-order valence-corrected chi connectivity index (χ0v) is 31.3. The molecule has 2 aromatic rings. The molecule has 0 aliphatic carbocycles. The van der Waals surface area contributed by atoms with Crippen molar-refractivity contribution in [2.24, 2.45) is 23.7 Å². The van der Waals surface area contributed by atoms with E-state index >= 15 is 0 Å². The first-order chi connectivity index (χ1) is 24.8. The minimum absolute atomic E-state index is 0.0278. The van der Waals surface area contributed by atoms with Crippen LogP contribution in [0.25, 0.3) is 10.8 Å². The Kier molecular flexibility index (Phi) is 12.6. The number of methoxy groups -OCH3 is 1. The fourth-order valence-electron chi connectivity index (χ4n) is 6.83. The van der Waals surface area contributed by atoms with Gasteiger partial charge in [-0.1, -0.05) is 45.9 Å². The number of esters is 1. The van der Waals surface area contributed by atoms with Gasteiger partial charge in [0, 0.05) is 67.0 Å². The molecule has 3 aliphatic rings. The molecule has 0 saturated heterocycles. The second-order valence-corrected chi connectivity index (χ2v) is 14.0. The van der Waals surface area contributed by atoms with Gasteiger partial charge in [-0.2, -0.15) is 0 Å². The Morgan fingerprint density at radius 3 is 2.30 bits per heavy atom. The predicted molar refractivity (Wildman–Crippen MR) is 194 cm³/mol. The minimum atomic E-state index is -1.93. The van der Waals surface area contributed by atoms with Gasteiger partial charge in [0.15, 0.2) is 6.61 Å². The number of benzene rings is 2. The number of ketones is 1. The number of carbonyl (C=O) groups is 4. The monoisotopic (exact) mass is 739 g/mol. The first-order valence-electron chi connectivity index (χ1n) is 17.3. The summed E-state index contributed by atoms with van der Waals surface area (Å²) in [7, 11) is 1.44. The molecule has 2 aromatic carbocycles. The summed E-state index contributed by atoms with van der Waals surface area (Å²) in [4.78, 5) is 51.3. The Morgan fingerprint density at radius 1 is 1.00 bits per heavy atom. The molecule has 0 spiro atoms. The third-order valence-electron chi connectivity index (χ3n) is 10.00. The number of phenols is 1. The number of aromatic hydroxyl groups is 1. The average Bonchev–Trinajstić information content (AvgIpc) is 3.37. The summed E-state index contributed by atoms with van der Waals surface area (Å²) in [5.74, 6) is -7.89. The van der Waals surface area contributed by atoms with E-state index in [2.05, 4.69) is 5.32 Å². The number of phenolic OH excluding ortho intramolecular Hbond substituents is 1. The van der Waals surface area contributed by atoms with Crippen molar-refractivity contribution >= 4 is 40.1 Å². The number of aliphatic carboxylic acids is 1. The lowest BCUT2D eigenvalue weighted by atomic mass is 9.78. The van der Waals surface area contributed by atoms with Crippen LogP contribution < -0.4 is 14.8 Å². The standard InChI is InChI=1S/C39H49NO13/c1-18-11-10-12-19(2)38(48)40-26-16-28(50-17-29(42)43)30-25(34(26)46)15-20(3)35-31(30)37(47)39(8,53-35)51-14-13-27(49-9)21(4)36(52-24(7)41)23(6)33(45)22(5)32(18)44/h10-16,18,21-23,27,32-33,36,44-46H,17H2,1-9H3,(H,40,48)(H,42,43)/b11-10+,14-13+,19-12-/t18-,21+,22+,23+,27-,32-,33+,36+,39-/m0/s1. The lowest BCUT2D eigenvalue weighted by Gasteiger charge is -2.38. The second-order valence-electron chi connectivity index (χ2n) is 14.0. The number of aliphatic hydroxyl groups is 2. The van der Waals surface area contributed by atoms with Crippen molar-refractivity contribution < 1.29 is 63.3 Å². The molecule has 0 aromatic heterocycles. The predicted octanol–water partition coefficient (Wildman–Crippen LogP) is 4.81. The number of aryl methyl sites for hydroxylation is 1. The van der Waals surface area contributed by atoms with Crippen LogP contribution in [0.15, 0.2) is 48.3 Å². The van der Waals surface area contributed by atoms with Gasteiger partial charge < -0.3 is 49.4 Å². The molecule has 5 N–H and O–H groups in total. The van der Waals surface area contributed by atoms with Gasteiger partial charge in [-0.15, -0.1) is 0 Å². The molecular weight excluding hydrogens is 690 g/mol. The van der Waals surface area contributed by atoms with E-state index in [-0.39, 0.29) is 39.1 Å². The van der Waals surface area contributed by atoms with E-state index in [0.717, 1.165) is 0 Å². The number of carboxylic acids is 1. The number of allylic oxidation sites excluding steroid dienone is 2. The Hall–Kier alpha value is -4.92. The van der Waals surface area contributed by atoms with Crippen molar-refractivity contribution in [3.8, 4) is 17.2 Å². The summed E-state index contributed by atoms with van der Waals surface area (Å²) >= 11 is 0. The Morgan fingerprint density at radius 2 is 1.68 bits per heavy atom. The number of rotatable bonds is 5. The number of amides is 1. The number of carboxylic acid groups (broad SMARTS) is 1. The third kappa shape index (κ3) is 8.50. The van der Waals surface area contributed by atoms with Crippen LogP contribution in [0.5, 0.6) is 17.2 Å². The zero-order valence-electron chi connectivity index (χ0n) is 31.3. The molecule has 3 heterocycles. The Labute approximate surface area is 308 Å². The first-order valence-corrected chi connectivity index (χ1v) is 17.3. The van der Waals surface area contributed by atoms with Gasteiger partial charge in [-0.05, 0) is 31.6 Å². The van der Waals surface area contributed by atoms with Crippen molar-refractivity contribution in [3.63, 3.8) is 0 Å². The SMILES string of the molecule is CO[C@H]1/C=C/O[C@@]2(C)Oc3c(C)cc4c(O)c(cc(OCC(=O)O)c4c3C2=O)NC(=O)/C(C)=C\C=C\[C@H](C)[C@H](O)[C@@H](C)[C@@H](O)[C@@H](C)[C@H](OC(C)=O)[C@@H]1C. The van der Waals surface area contributed by atoms with Gasteiger partial charge in [0.1, 0.15) is 23.4 Å². The molecule has 0 fully saturated rings. The molecule has 0 saturated carbocycles. The smallest absolute Gasteiger partial charge is 0.341 e. The minimum Gasteiger partial charge on any atom is -0.505 e. The van der Waals surface area contributed by atoms with Gasteiger partial charge in [0.25, 0.3) is 11.7 Å². The molecule has 0 unspecified atom stereocenters. The van der Waals surface area contributed by atoms with E-state index < -0.39 is 89.9 Å². The average molecular weight is 740 g/mol. The summed E-state index contributed by atoms with van der Waals surface area (Å²) in [5.41, 5.74) is 0.513. The van der Waals surface area contributed by atoms with Crippen molar-refractivity contribution in [1.82, 2.24) is 0 Å². The molecular formula is C39H49NO13. The van der Waals surface area contributed by atoms with Crippen molar-refractivity contribution in [2.45, 2.75) is 85.6 Å². The fourth-order valence-corrected chi connectivity index (χ4v) is 6.83. The van der Waals surface area contributed by atoms with E-state index in [1.165, 1.54) is 58.4 Å². The first kappa shape index (κ1) is 40.8. The van der Waals surface area contributed by atoms with Gasteiger partial charge in [0.2, 0.25) is 0 Å². The van der Waals surface area contributed by atoms with Crippen molar-refractivity contribution in [1.29, 1.82) is 0 Å². The van der Waals surface area contributed by atoms with Crippen LogP contribution in [0.2, 0.25) is 0 Å². The number of nitrogens with one attached hydrogen (secondary N) is 1. The number of fused-ring (bicyclic) bond motifs is 14. The summed E-state index contributed by atoms with van der Waals surface area (Å²) in [6.07, 6.45) is 3.70. The second kappa shape index (κ2) is 16.4. The van der Waals surface area contributed by atoms with Gasteiger partial charge in [0.05, 0.1) is 35.8 Å². The van der Waals surface area contributed by atoms with Gasteiger partial charge in [-0.25, -0.2) is 4.79 Å². The molecule has 0 radical (unpaired) electrons. The molecule has 288 valence electrons. The fraction of sp³-hybridized carbons (Fsp3) is 0.487. The van der Waals surface area contributed by atoms with E-state index in [4.69, 9.17) is 23.7 Å². The lowest BCUT2D eigenvalue weighted by Crippen LogP contribution is -2.46. The summed E-state index contributed by atoms with van der Waals surface area (Å²) in [6.45, 7) is 11.9. The van der Waals surface area contributed by atoms with Gasteiger partial charge in [-0.3, -0.25) is 14.4 Å². The maximum absolute atomic E-state index is 14.2. The number of ether oxygens (including phenoxy) is 5. The highest BCUT2D eigenvalue weighted by atomic mass is 16.7. The molecule has 5 bridgehead atoms. The Balaban J connectivity index is 1.90. The highest BCUT2D eigenvalue weighted by Crippen LogP contribution is 2.49. The van der Waals surface area contributed by atoms with E-state index in [1.807, 2.05) is 0 Å². The summed E-state index contributed by atoms with van der Waals surface area (Å²) in [6, 6.07) is 2.76. The number of hydrogen-bond acceptors (Lipinski definition) is 12. The van der Waals surface area contributed by atoms with E-state index in [0.29, 0.717) is 5.56 Å². The lowest BCUT2D eigenvalue weighted by molar-refractivity contribution is -0.160. The molecule has 53 heavy (non-hydrogen) atoms. The van der Waals surface area contributed by atoms with Crippen molar-refractivity contribution in [2.75, 3.05) is 19.0 Å². The topological polar surface area (TPSA) is 207 Å². The Bertz CT molecular complexity index is 1850. The normalized spacial score (nSPS) is 31.9. The summed E-state index contributed by atoms with van der Waals surface area (Å²) in [5, 5.41) is 46.3. The number of aliphatic hydroxyl groups excluding tert-OH is 2. The molecule has 9 atom stereocenters. The van der Waals surface area contributed by atoms with E-state index in [1.54, 1.807) is 46.8 Å². The van der Waals surface area contributed by atoms with Crippen LogP contribution in [-0.4, -0.2) is 88.0 Å². The number of hydrogen-bond donors (Lipinski definition) is 5. The van der Waals surface area contributed by atoms with Crippen LogP contribution in [0.3, 0.4) is 0 Å². The highest BCUT2D eigenvalue weighted by Gasteiger charge is 2.49. The van der Waals surface area contributed by atoms with Crippen LogP contribution in [0, 0.1) is 30.6 Å². The quantitative estimate of drug-likeness (QED) is 0.207. The highest BCUT2D eigenvalue weighted by molar-refractivity contribution is 6.20. The largest absolute Gasteiger partial charge is 0.505 e. The molecule has 5 rings (SSSR count). The van der Waals surface area contributed by atoms with Crippen LogP contribution >= 0.6 is 0 Å². The summed E-state index contributed by atoms with van der Waals surface area (Å²) < 4.78 is 29.1. The van der Waals surface area contributed by atoms with Crippen LogP contribution in [0.1, 0.15) is 64.4 Å². The number of Topliss-reactive ketones (excluding diaryl/α,β-unsaturated/α-hetero) is 1. The van der Waals surface area contributed by atoms with Crippen LogP contribution in [0.4, 0.5) is 5.69 Å². The molecule has 14 nitrogen and oxygen atoms in total.